The third-order valence-corrected chi connectivity index (χ3v) is 4.71. The van der Waals surface area contributed by atoms with Gasteiger partial charge in [-0.15, -0.1) is 0 Å². The highest BCUT2D eigenvalue weighted by atomic mass is 35.5. The molecule has 0 amide bonds. The van der Waals surface area contributed by atoms with Crippen LogP contribution in [0.3, 0.4) is 0 Å². The molecule has 5 rings (SSSR count). The topological polar surface area (TPSA) is 79.4 Å². The van der Waals surface area contributed by atoms with Gasteiger partial charge in [-0.2, -0.15) is 5.10 Å². The zero-order valence-electron chi connectivity index (χ0n) is 14.9. The highest BCUT2D eigenvalue weighted by Gasteiger charge is 2.12. The first-order valence-electron chi connectivity index (χ1n) is 8.77. The van der Waals surface area contributed by atoms with Crippen molar-refractivity contribution in [3.63, 3.8) is 0 Å². The van der Waals surface area contributed by atoms with Crippen LogP contribution in [0.1, 0.15) is 5.69 Å². The molecule has 0 saturated carbocycles. The van der Waals surface area contributed by atoms with Gasteiger partial charge in [0.05, 0.1) is 17.2 Å². The molecule has 0 fully saturated rings. The standard InChI is InChI=1S/C21H15ClN6/c1-12-3-2-4-19(24-12)21-26-18-7-5-14(22)10-16(18)20(27-21)25-15-6-8-17-13(9-15)11-23-28-17/h2-11H,1H3,(H,23,28)(H,25,26,27). The van der Waals surface area contributed by atoms with Crippen molar-refractivity contribution >= 4 is 44.9 Å². The monoisotopic (exact) mass is 386 g/mol. The molecule has 0 aliphatic carbocycles. The van der Waals surface area contributed by atoms with E-state index < -0.39 is 0 Å². The molecular weight excluding hydrogens is 372 g/mol. The summed E-state index contributed by atoms with van der Waals surface area (Å²) in [5.74, 6) is 1.24. The lowest BCUT2D eigenvalue weighted by atomic mass is 10.2. The Labute approximate surface area is 165 Å². The lowest BCUT2D eigenvalue weighted by Gasteiger charge is -2.11. The Balaban J connectivity index is 1.67. The van der Waals surface area contributed by atoms with Crippen molar-refractivity contribution in [2.45, 2.75) is 6.92 Å². The van der Waals surface area contributed by atoms with Gasteiger partial charge in [-0.25, -0.2) is 15.0 Å². The van der Waals surface area contributed by atoms with Crippen molar-refractivity contribution in [2.24, 2.45) is 0 Å². The van der Waals surface area contributed by atoms with E-state index in [2.05, 4.69) is 25.5 Å². The molecule has 0 radical (unpaired) electrons. The molecule has 3 heterocycles. The molecule has 7 heteroatoms. The summed E-state index contributed by atoms with van der Waals surface area (Å²) in [7, 11) is 0. The fraction of sp³-hybridized carbons (Fsp3) is 0.0476. The Hall–Kier alpha value is -3.51. The number of halogens is 1. The molecule has 0 atom stereocenters. The van der Waals surface area contributed by atoms with Crippen molar-refractivity contribution < 1.29 is 0 Å². The van der Waals surface area contributed by atoms with Crippen molar-refractivity contribution in [1.29, 1.82) is 0 Å². The Bertz CT molecular complexity index is 1330. The molecule has 0 spiro atoms. The van der Waals surface area contributed by atoms with E-state index in [4.69, 9.17) is 16.6 Å². The second-order valence-electron chi connectivity index (χ2n) is 6.52. The van der Waals surface area contributed by atoms with Crippen LogP contribution in [-0.2, 0) is 0 Å². The summed E-state index contributed by atoms with van der Waals surface area (Å²) in [6.45, 7) is 1.95. The van der Waals surface area contributed by atoms with E-state index in [-0.39, 0.29) is 0 Å². The van der Waals surface area contributed by atoms with Crippen molar-refractivity contribution in [2.75, 3.05) is 5.32 Å². The van der Waals surface area contributed by atoms with Crippen molar-refractivity contribution in [3.8, 4) is 11.5 Å². The molecule has 0 unspecified atom stereocenters. The molecule has 136 valence electrons. The fourth-order valence-electron chi connectivity index (χ4n) is 3.14. The third-order valence-electron chi connectivity index (χ3n) is 4.48. The summed E-state index contributed by atoms with van der Waals surface area (Å²) in [6, 6.07) is 17.4. The molecular formula is C21H15ClN6. The highest BCUT2D eigenvalue weighted by molar-refractivity contribution is 6.31. The normalized spacial score (nSPS) is 11.2. The Morgan fingerprint density at radius 3 is 2.79 bits per heavy atom. The fourth-order valence-corrected chi connectivity index (χ4v) is 3.31. The van der Waals surface area contributed by atoms with E-state index >= 15 is 0 Å². The summed E-state index contributed by atoms with van der Waals surface area (Å²) >= 11 is 6.23. The molecule has 0 saturated heterocycles. The maximum Gasteiger partial charge on any atom is 0.180 e. The number of anilines is 2. The molecule has 3 aromatic heterocycles. The SMILES string of the molecule is Cc1cccc(-c2nc(Nc3ccc4[nH]ncc4c3)c3cc(Cl)ccc3n2)n1. The van der Waals surface area contributed by atoms with Gasteiger partial charge >= 0.3 is 0 Å². The minimum absolute atomic E-state index is 0.561. The van der Waals surface area contributed by atoms with Gasteiger partial charge in [-0.1, -0.05) is 17.7 Å². The molecule has 28 heavy (non-hydrogen) atoms. The summed E-state index contributed by atoms with van der Waals surface area (Å²) in [5.41, 5.74) is 4.31. The van der Waals surface area contributed by atoms with Gasteiger partial charge in [0.15, 0.2) is 5.82 Å². The van der Waals surface area contributed by atoms with Crippen molar-refractivity contribution in [1.82, 2.24) is 25.1 Å². The number of aryl methyl sites for hydroxylation is 1. The molecule has 5 aromatic rings. The van der Waals surface area contributed by atoms with E-state index in [0.29, 0.717) is 16.7 Å². The van der Waals surface area contributed by atoms with Gasteiger partial charge in [-0.05, 0) is 55.5 Å². The molecule has 6 nitrogen and oxygen atoms in total. The van der Waals surface area contributed by atoms with E-state index in [9.17, 15) is 0 Å². The summed E-state index contributed by atoms with van der Waals surface area (Å²) in [4.78, 5) is 14.0. The molecule has 0 aliphatic rings. The largest absolute Gasteiger partial charge is 0.340 e. The molecule has 0 bridgehead atoms. The Kier molecular flexibility index (Phi) is 3.91. The van der Waals surface area contributed by atoms with Gasteiger partial charge in [0, 0.05) is 27.2 Å². The Morgan fingerprint density at radius 2 is 1.89 bits per heavy atom. The number of H-pyrrole nitrogens is 1. The first-order valence-corrected chi connectivity index (χ1v) is 9.15. The predicted octanol–water partition coefficient (Wildman–Crippen LogP) is 5.27. The summed E-state index contributed by atoms with van der Waals surface area (Å²) in [6.07, 6.45) is 1.79. The van der Waals surface area contributed by atoms with Gasteiger partial charge in [-0.3, -0.25) is 5.10 Å². The second-order valence-corrected chi connectivity index (χ2v) is 6.95. The number of hydrogen-bond donors (Lipinski definition) is 2. The molecule has 2 N–H and O–H groups in total. The number of aromatic nitrogens is 5. The van der Waals surface area contributed by atoms with E-state index in [0.717, 1.165) is 38.9 Å². The van der Waals surface area contributed by atoms with E-state index in [1.165, 1.54) is 0 Å². The minimum Gasteiger partial charge on any atom is -0.340 e. The van der Waals surface area contributed by atoms with Gasteiger partial charge in [0.1, 0.15) is 11.5 Å². The maximum atomic E-state index is 6.23. The first-order chi connectivity index (χ1) is 13.7. The smallest absolute Gasteiger partial charge is 0.180 e. The number of fused-ring (bicyclic) bond motifs is 2. The van der Waals surface area contributed by atoms with Crippen LogP contribution < -0.4 is 5.32 Å². The average Bonchev–Trinajstić information content (AvgIpc) is 3.16. The zero-order valence-corrected chi connectivity index (χ0v) is 15.7. The molecule has 0 aliphatic heterocycles. The van der Waals surface area contributed by atoms with Crippen LogP contribution >= 0.6 is 11.6 Å². The minimum atomic E-state index is 0.561. The van der Waals surface area contributed by atoms with Gasteiger partial charge < -0.3 is 5.32 Å². The first kappa shape index (κ1) is 16.6. The van der Waals surface area contributed by atoms with E-state index in [1.54, 1.807) is 6.20 Å². The van der Waals surface area contributed by atoms with Crippen LogP contribution in [0.15, 0.2) is 60.8 Å². The quantitative estimate of drug-likeness (QED) is 0.441. The number of hydrogen-bond acceptors (Lipinski definition) is 5. The number of benzene rings is 2. The lowest BCUT2D eigenvalue weighted by Crippen LogP contribution is -2.00. The van der Waals surface area contributed by atoms with Crippen molar-refractivity contribution in [3.05, 3.63) is 71.5 Å². The third kappa shape index (κ3) is 3.04. The van der Waals surface area contributed by atoms with Gasteiger partial charge in [0.2, 0.25) is 0 Å². The van der Waals surface area contributed by atoms with Crippen LogP contribution in [0.5, 0.6) is 0 Å². The number of pyridine rings is 1. The highest BCUT2D eigenvalue weighted by Crippen LogP contribution is 2.29. The lowest BCUT2D eigenvalue weighted by molar-refractivity contribution is 1.12. The van der Waals surface area contributed by atoms with Crippen LogP contribution in [0.2, 0.25) is 5.02 Å². The van der Waals surface area contributed by atoms with E-state index in [1.807, 2.05) is 61.5 Å². The summed E-state index contributed by atoms with van der Waals surface area (Å²) in [5, 5.41) is 12.9. The number of aromatic amines is 1. The second kappa shape index (κ2) is 6.58. The van der Waals surface area contributed by atoms with Crippen LogP contribution in [0.25, 0.3) is 33.3 Å². The Morgan fingerprint density at radius 1 is 0.964 bits per heavy atom. The average molecular weight is 387 g/mol. The zero-order chi connectivity index (χ0) is 19.1. The van der Waals surface area contributed by atoms with Crippen LogP contribution in [-0.4, -0.2) is 25.1 Å². The molecule has 2 aromatic carbocycles. The number of nitrogens with one attached hydrogen (secondary N) is 2. The van der Waals surface area contributed by atoms with Crippen LogP contribution in [0, 0.1) is 6.92 Å². The maximum absolute atomic E-state index is 6.23. The van der Waals surface area contributed by atoms with Gasteiger partial charge in [0.25, 0.3) is 0 Å². The summed E-state index contributed by atoms with van der Waals surface area (Å²) < 4.78 is 0. The number of rotatable bonds is 3. The predicted molar refractivity (Wildman–Crippen MR) is 112 cm³/mol. The number of nitrogens with zero attached hydrogens (tertiary/aromatic N) is 4. The van der Waals surface area contributed by atoms with Crippen LogP contribution in [0.4, 0.5) is 11.5 Å².